The maximum absolute atomic E-state index is 12.4. The molecule has 164 valence electrons. The zero-order valence-corrected chi connectivity index (χ0v) is 19.0. The molecule has 2 heterocycles. The number of aryl methyl sites for hydroxylation is 1. The van der Waals surface area contributed by atoms with Crippen LogP contribution in [0.2, 0.25) is 0 Å². The Hall–Kier alpha value is -3.84. The quantitative estimate of drug-likeness (QED) is 0.204. The van der Waals surface area contributed by atoms with Gasteiger partial charge in [0.25, 0.3) is 5.91 Å². The Bertz CT molecular complexity index is 1450. The predicted octanol–water partition coefficient (Wildman–Crippen LogP) is 5.12. The molecule has 5 rings (SSSR count). The van der Waals surface area contributed by atoms with Crippen molar-refractivity contribution in [1.29, 1.82) is 0 Å². The molecule has 3 aromatic carbocycles. The molecule has 0 aliphatic heterocycles. The number of H-pyrrole nitrogens is 1. The standard InChI is InChI=1S/C26H23N5OS/c1-18-10-12-19(13-11-18)16-31-24-9-5-4-8-23(24)29-26(31)33-17-25(32)30-28-15-20-14-27-22-7-3-2-6-21(20)22/h2-15,27H,16-17H2,1H3,(H,30,32)/b28-15-. The third kappa shape index (κ3) is 4.68. The minimum Gasteiger partial charge on any atom is -0.361 e. The number of fused-ring (bicyclic) bond motifs is 2. The van der Waals surface area contributed by atoms with Crippen molar-refractivity contribution in [2.45, 2.75) is 18.6 Å². The molecule has 0 aliphatic carbocycles. The number of aromatic amines is 1. The van der Waals surface area contributed by atoms with Crippen molar-refractivity contribution in [3.63, 3.8) is 0 Å². The second kappa shape index (κ2) is 9.34. The number of nitrogens with one attached hydrogen (secondary N) is 2. The minimum absolute atomic E-state index is 0.176. The van der Waals surface area contributed by atoms with Gasteiger partial charge in [-0.25, -0.2) is 10.4 Å². The highest BCUT2D eigenvalue weighted by molar-refractivity contribution is 7.99. The van der Waals surface area contributed by atoms with Gasteiger partial charge in [0.1, 0.15) is 0 Å². The normalized spacial score (nSPS) is 11.5. The molecule has 0 saturated heterocycles. The van der Waals surface area contributed by atoms with Gasteiger partial charge < -0.3 is 9.55 Å². The van der Waals surface area contributed by atoms with Crippen LogP contribution in [0.3, 0.4) is 0 Å². The molecular formula is C26H23N5OS. The van der Waals surface area contributed by atoms with Crippen molar-refractivity contribution in [2.24, 2.45) is 5.10 Å². The van der Waals surface area contributed by atoms with E-state index in [1.807, 2.05) is 48.7 Å². The van der Waals surface area contributed by atoms with E-state index in [0.29, 0.717) is 6.54 Å². The second-order valence-electron chi connectivity index (χ2n) is 7.83. The highest BCUT2D eigenvalue weighted by Crippen LogP contribution is 2.25. The second-order valence-corrected chi connectivity index (χ2v) is 8.77. The summed E-state index contributed by atoms with van der Waals surface area (Å²) in [5, 5.41) is 6.01. The fourth-order valence-corrected chi connectivity index (χ4v) is 4.54. The summed E-state index contributed by atoms with van der Waals surface area (Å²) in [4.78, 5) is 20.4. The molecule has 0 atom stereocenters. The van der Waals surface area contributed by atoms with Gasteiger partial charge in [-0.1, -0.05) is 71.9 Å². The first-order chi connectivity index (χ1) is 16.2. The summed E-state index contributed by atoms with van der Waals surface area (Å²) in [6.45, 7) is 2.78. The van der Waals surface area contributed by atoms with E-state index in [0.717, 1.165) is 32.7 Å². The van der Waals surface area contributed by atoms with Crippen LogP contribution in [0, 0.1) is 6.92 Å². The molecule has 0 aliphatic rings. The fourth-order valence-electron chi connectivity index (χ4n) is 3.73. The van der Waals surface area contributed by atoms with E-state index in [2.05, 4.69) is 57.3 Å². The average molecular weight is 454 g/mol. The van der Waals surface area contributed by atoms with E-state index >= 15 is 0 Å². The largest absolute Gasteiger partial charge is 0.361 e. The maximum atomic E-state index is 12.4. The van der Waals surface area contributed by atoms with Crippen molar-refractivity contribution < 1.29 is 4.79 Å². The lowest BCUT2D eigenvalue weighted by molar-refractivity contribution is -0.118. The summed E-state index contributed by atoms with van der Waals surface area (Å²) in [5.74, 6) is 0.0488. The topological polar surface area (TPSA) is 75.1 Å². The molecule has 2 aromatic heterocycles. The van der Waals surface area contributed by atoms with E-state index < -0.39 is 0 Å². The number of benzene rings is 3. The number of hydrogen-bond donors (Lipinski definition) is 2. The average Bonchev–Trinajstić information content (AvgIpc) is 3.41. The lowest BCUT2D eigenvalue weighted by atomic mass is 10.1. The van der Waals surface area contributed by atoms with Gasteiger partial charge in [-0.15, -0.1) is 0 Å². The summed E-state index contributed by atoms with van der Waals surface area (Å²) in [7, 11) is 0. The van der Waals surface area contributed by atoms with Crippen LogP contribution in [0.1, 0.15) is 16.7 Å². The third-order valence-electron chi connectivity index (χ3n) is 5.43. The minimum atomic E-state index is -0.176. The van der Waals surface area contributed by atoms with Gasteiger partial charge in [0.15, 0.2) is 5.16 Å². The van der Waals surface area contributed by atoms with E-state index in [1.54, 1.807) is 6.21 Å². The molecule has 6 nitrogen and oxygen atoms in total. The molecule has 2 N–H and O–H groups in total. The molecule has 0 fully saturated rings. The van der Waals surface area contributed by atoms with E-state index in [1.165, 1.54) is 22.9 Å². The number of carbonyl (C=O) groups is 1. The van der Waals surface area contributed by atoms with Gasteiger partial charge in [-0.2, -0.15) is 5.10 Å². The number of amides is 1. The molecule has 1 amide bonds. The number of para-hydroxylation sites is 3. The van der Waals surface area contributed by atoms with E-state index in [4.69, 9.17) is 4.98 Å². The molecule has 0 bridgehead atoms. The zero-order valence-electron chi connectivity index (χ0n) is 18.2. The number of carbonyl (C=O) groups excluding carboxylic acids is 1. The van der Waals surface area contributed by atoms with Crippen LogP contribution < -0.4 is 5.43 Å². The molecule has 0 radical (unpaired) electrons. The van der Waals surface area contributed by atoms with Crippen LogP contribution in [0.15, 0.2) is 89.3 Å². The highest BCUT2D eigenvalue weighted by Gasteiger charge is 2.13. The smallest absolute Gasteiger partial charge is 0.250 e. The van der Waals surface area contributed by atoms with Gasteiger partial charge in [0, 0.05) is 22.7 Å². The molecular weight excluding hydrogens is 430 g/mol. The third-order valence-corrected chi connectivity index (χ3v) is 6.40. The predicted molar refractivity (Wildman–Crippen MR) is 135 cm³/mol. The number of thioether (sulfide) groups is 1. The number of hydrazone groups is 1. The first-order valence-corrected chi connectivity index (χ1v) is 11.7. The number of aromatic nitrogens is 3. The first kappa shape index (κ1) is 21.0. The van der Waals surface area contributed by atoms with Crippen LogP contribution >= 0.6 is 11.8 Å². The van der Waals surface area contributed by atoms with Gasteiger partial charge in [0.2, 0.25) is 0 Å². The highest BCUT2D eigenvalue weighted by atomic mass is 32.2. The maximum Gasteiger partial charge on any atom is 0.250 e. The van der Waals surface area contributed by atoms with E-state index in [9.17, 15) is 4.79 Å². The van der Waals surface area contributed by atoms with Crippen molar-refractivity contribution in [3.05, 3.63) is 95.7 Å². The number of nitrogens with zero attached hydrogens (tertiary/aromatic N) is 3. The summed E-state index contributed by atoms with van der Waals surface area (Å²) in [5.41, 5.74) is 8.99. The molecule has 5 aromatic rings. The van der Waals surface area contributed by atoms with Crippen LogP contribution in [0.5, 0.6) is 0 Å². The van der Waals surface area contributed by atoms with Gasteiger partial charge in [0.05, 0.1) is 29.5 Å². The Kier molecular flexibility index (Phi) is 5.95. The van der Waals surface area contributed by atoms with Gasteiger partial charge >= 0.3 is 0 Å². The van der Waals surface area contributed by atoms with Crippen molar-refractivity contribution in [2.75, 3.05) is 5.75 Å². The first-order valence-electron chi connectivity index (χ1n) is 10.7. The molecule has 0 saturated carbocycles. The van der Waals surface area contributed by atoms with Gasteiger partial charge in [-0.3, -0.25) is 4.79 Å². The molecule has 0 unspecified atom stereocenters. The van der Waals surface area contributed by atoms with Gasteiger partial charge in [-0.05, 0) is 30.7 Å². The van der Waals surface area contributed by atoms with Crippen LogP contribution in [-0.2, 0) is 11.3 Å². The van der Waals surface area contributed by atoms with Crippen molar-refractivity contribution in [1.82, 2.24) is 20.0 Å². The Morgan fingerprint density at radius 2 is 1.88 bits per heavy atom. The number of rotatable bonds is 7. The molecule has 0 spiro atoms. The van der Waals surface area contributed by atoms with Crippen LogP contribution in [0.4, 0.5) is 0 Å². The van der Waals surface area contributed by atoms with Crippen LogP contribution in [-0.4, -0.2) is 32.4 Å². The summed E-state index contributed by atoms with van der Waals surface area (Å²) in [6.07, 6.45) is 3.54. The molecule has 33 heavy (non-hydrogen) atoms. The van der Waals surface area contributed by atoms with Crippen molar-refractivity contribution >= 4 is 45.8 Å². The summed E-state index contributed by atoms with van der Waals surface area (Å²) < 4.78 is 2.16. The monoisotopic (exact) mass is 453 g/mol. The summed E-state index contributed by atoms with van der Waals surface area (Å²) in [6, 6.07) is 24.5. The Labute approximate surface area is 195 Å². The van der Waals surface area contributed by atoms with Crippen molar-refractivity contribution in [3.8, 4) is 0 Å². The lowest BCUT2D eigenvalue weighted by Crippen LogP contribution is -2.20. The van der Waals surface area contributed by atoms with E-state index in [-0.39, 0.29) is 11.7 Å². The Balaban J connectivity index is 1.27. The fraction of sp³-hybridized carbons (Fsp3) is 0.115. The Morgan fingerprint density at radius 3 is 2.76 bits per heavy atom. The lowest BCUT2D eigenvalue weighted by Gasteiger charge is -2.09. The Morgan fingerprint density at radius 1 is 1.09 bits per heavy atom. The summed E-state index contributed by atoms with van der Waals surface area (Å²) >= 11 is 1.41. The SMILES string of the molecule is Cc1ccc(Cn2c(SCC(=O)N/N=C\c3c[nH]c4ccccc34)nc3ccccc32)cc1. The zero-order chi connectivity index (χ0) is 22.6. The number of hydrogen-bond acceptors (Lipinski definition) is 4. The molecule has 7 heteroatoms. The number of imidazole rings is 1. The van der Waals surface area contributed by atoms with Crippen LogP contribution in [0.25, 0.3) is 21.9 Å².